The molecule has 0 bridgehead atoms. The van der Waals surface area contributed by atoms with Crippen molar-refractivity contribution in [1.82, 2.24) is 4.90 Å². The Hall–Kier alpha value is -0.730. The van der Waals surface area contributed by atoms with E-state index in [-0.39, 0.29) is 0 Å². The van der Waals surface area contributed by atoms with E-state index in [1.165, 1.54) is 31.5 Å². The van der Waals surface area contributed by atoms with Gasteiger partial charge >= 0.3 is 0 Å². The number of likely N-dealkylation sites (tertiary alicyclic amines) is 1. The molecule has 1 aliphatic heterocycles. The summed E-state index contributed by atoms with van der Waals surface area (Å²) in [5.74, 6) is 0.786. The molecule has 16 heavy (non-hydrogen) atoms. The minimum absolute atomic E-state index is 0.658. The number of rotatable bonds is 4. The second kappa shape index (κ2) is 5.55. The molecule has 1 fully saturated rings. The van der Waals surface area contributed by atoms with Crippen molar-refractivity contribution in [2.75, 3.05) is 19.7 Å². The highest BCUT2D eigenvalue weighted by Gasteiger charge is 2.12. The van der Waals surface area contributed by atoms with E-state index in [0.29, 0.717) is 6.61 Å². The fraction of sp³-hybridized carbons (Fsp3) is 0.538. The summed E-state index contributed by atoms with van der Waals surface area (Å²) >= 11 is 6.15. The molecule has 0 aliphatic carbocycles. The van der Waals surface area contributed by atoms with E-state index in [2.05, 4.69) is 11.0 Å². The molecule has 0 radical (unpaired) electrons. The van der Waals surface area contributed by atoms with E-state index in [1.54, 1.807) is 0 Å². The van der Waals surface area contributed by atoms with Crippen LogP contribution in [-0.4, -0.2) is 24.6 Å². The van der Waals surface area contributed by atoms with Crippen LogP contribution in [0, 0.1) is 0 Å². The van der Waals surface area contributed by atoms with Crippen LogP contribution < -0.4 is 4.74 Å². The summed E-state index contributed by atoms with van der Waals surface area (Å²) in [6.45, 7) is 6.06. The van der Waals surface area contributed by atoms with E-state index in [4.69, 9.17) is 16.3 Å². The quantitative estimate of drug-likeness (QED) is 0.799. The number of ether oxygens (including phenoxy) is 1. The van der Waals surface area contributed by atoms with Gasteiger partial charge in [0.2, 0.25) is 0 Å². The van der Waals surface area contributed by atoms with E-state index >= 15 is 0 Å². The maximum absolute atomic E-state index is 6.15. The Kier molecular flexibility index (Phi) is 4.08. The van der Waals surface area contributed by atoms with Crippen molar-refractivity contribution < 1.29 is 4.74 Å². The minimum Gasteiger partial charge on any atom is -0.492 e. The Morgan fingerprint density at radius 3 is 2.69 bits per heavy atom. The zero-order chi connectivity index (χ0) is 11.4. The lowest BCUT2D eigenvalue weighted by Crippen LogP contribution is -2.18. The summed E-state index contributed by atoms with van der Waals surface area (Å²) in [4.78, 5) is 2.46. The van der Waals surface area contributed by atoms with Gasteiger partial charge in [-0.1, -0.05) is 17.7 Å². The number of benzene rings is 1. The molecule has 0 saturated carbocycles. The van der Waals surface area contributed by atoms with E-state index in [1.807, 2.05) is 19.1 Å². The lowest BCUT2D eigenvalue weighted by Gasteiger charge is -2.15. The molecular formula is C13H18ClNO. The van der Waals surface area contributed by atoms with Gasteiger partial charge in [0.05, 0.1) is 11.6 Å². The highest BCUT2D eigenvalue weighted by Crippen LogP contribution is 2.26. The second-order valence-electron chi connectivity index (χ2n) is 4.18. The van der Waals surface area contributed by atoms with E-state index < -0.39 is 0 Å². The van der Waals surface area contributed by atoms with Gasteiger partial charge in [-0.25, -0.2) is 0 Å². The first kappa shape index (κ1) is 11.7. The molecule has 1 saturated heterocycles. The summed E-state index contributed by atoms with van der Waals surface area (Å²) in [5, 5.41) is 0.721. The van der Waals surface area contributed by atoms with Gasteiger partial charge in [-0.2, -0.15) is 0 Å². The molecule has 0 atom stereocenters. The van der Waals surface area contributed by atoms with Gasteiger partial charge in [-0.3, -0.25) is 4.90 Å². The van der Waals surface area contributed by atoms with Gasteiger partial charge in [0.25, 0.3) is 0 Å². The SMILES string of the molecule is CCOc1ccc(CN2CCCC2)cc1Cl. The van der Waals surface area contributed by atoms with Crippen molar-refractivity contribution >= 4 is 11.6 Å². The summed E-state index contributed by atoms with van der Waals surface area (Å²) < 4.78 is 5.42. The number of halogens is 1. The van der Waals surface area contributed by atoms with Crippen LogP contribution in [0.5, 0.6) is 5.75 Å². The molecule has 0 amide bonds. The average molecular weight is 240 g/mol. The first-order valence-electron chi connectivity index (χ1n) is 5.93. The van der Waals surface area contributed by atoms with Gasteiger partial charge in [0, 0.05) is 6.54 Å². The van der Waals surface area contributed by atoms with Crippen LogP contribution in [-0.2, 0) is 6.54 Å². The van der Waals surface area contributed by atoms with Gasteiger partial charge in [-0.15, -0.1) is 0 Å². The van der Waals surface area contributed by atoms with Crippen LogP contribution in [0.25, 0.3) is 0 Å². The van der Waals surface area contributed by atoms with Crippen LogP contribution in [0.15, 0.2) is 18.2 Å². The first-order valence-corrected chi connectivity index (χ1v) is 6.31. The van der Waals surface area contributed by atoms with Gasteiger partial charge in [0.1, 0.15) is 5.75 Å². The molecule has 1 aromatic carbocycles. The summed E-state index contributed by atoms with van der Waals surface area (Å²) in [7, 11) is 0. The predicted octanol–water partition coefficient (Wildman–Crippen LogP) is 3.33. The second-order valence-corrected chi connectivity index (χ2v) is 4.59. The maximum atomic E-state index is 6.15. The average Bonchev–Trinajstić information content (AvgIpc) is 2.75. The van der Waals surface area contributed by atoms with Gasteiger partial charge in [0.15, 0.2) is 0 Å². The van der Waals surface area contributed by atoms with Crippen LogP contribution in [0.4, 0.5) is 0 Å². The largest absolute Gasteiger partial charge is 0.492 e. The molecular weight excluding hydrogens is 222 g/mol. The lowest BCUT2D eigenvalue weighted by molar-refractivity contribution is 0.329. The third-order valence-corrected chi connectivity index (χ3v) is 3.20. The molecule has 2 nitrogen and oxygen atoms in total. The third kappa shape index (κ3) is 2.89. The standard InChI is InChI=1S/C13H18ClNO/c1-2-16-13-6-5-11(9-12(13)14)10-15-7-3-4-8-15/h5-6,9H,2-4,7-8,10H2,1H3. The Bertz CT molecular complexity index is 348. The Balaban J connectivity index is 2.02. The molecule has 1 aromatic rings. The number of nitrogens with zero attached hydrogens (tertiary/aromatic N) is 1. The predicted molar refractivity (Wildman–Crippen MR) is 67.1 cm³/mol. The van der Waals surface area contributed by atoms with Crippen molar-refractivity contribution in [2.24, 2.45) is 0 Å². The summed E-state index contributed by atoms with van der Waals surface area (Å²) in [6.07, 6.45) is 2.65. The fourth-order valence-electron chi connectivity index (χ4n) is 2.11. The lowest BCUT2D eigenvalue weighted by atomic mass is 10.2. The Morgan fingerprint density at radius 2 is 2.06 bits per heavy atom. The molecule has 0 aromatic heterocycles. The molecule has 0 N–H and O–H groups in total. The van der Waals surface area contributed by atoms with E-state index in [9.17, 15) is 0 Å². The van der Waals surface area contributed by atoms with Crippen molar-refractivity contribution in [1.29, 1.82) is 0 Å². The van der Waals surface area contributed by atoms with E-state index in [0.717, 1.165) is 17.3 Å². The maximum Gasteiger partial charge on any atom is 0.137 e. The third-order valence-electron chi connectivity index (χ3n) is 2.90. The zero-order valence-corrected chi connectivity index (χ0v) is 10.5. The molecule has 3 heteroatoms. The van der Waals surface area contributed by atoms with Crippen molar-refractivity contribution in [3.8, 4) is 5.75 Å². The number of hydrogen-bond donors (Lipinski definition) is 0. The Morgan fingerprint density at radius 1 is 1.31 bits per heavy atom. The molecule has 2 rings (SSSR count). The van der Waals surface area contributed by atoms with Gasteiger partial charge < -0.3 is 4.74 Å². The minimum atomic E-state index is 0.658. The molecule has 0 spiro atoms. The van der Waals surface area contributed by atoms with Crippen molar-refractivity contribution in [3.05, 3.63) is 28.8 Å². The van der Waals surface area contributed by atoms with Crippen LogP contribution in [0.3, 0.4) is 0 Å². The normalized spacial score (nSPS) is 16.6. The molecule has 1 heterocycles. The van der Waals surface area contributed by atoms with Crippen molar-refractivity contribution in [3.63, 3.8) is 0 Å². The van der Waals surface area contributed by atoms with Crippen LogP contribution in [0.2, 0.25) is 5.02 Å². The monoisotopic (exact) mass is 239 g/mol. The first-order chi connectivity index (χ1) is 7.79. The highest BCUT2D eigenvalue weighted by molar-refractivity contribution is 6.32. The van der Waals surface area contributed by atoms with Gasteiger partial charge in [-0.05, 0) is 50.6 Å². The highest BCUT2D eigenvalue weighted by atomic mass is 35.5. The van der Waals surface area contributed by atoms with Crippen LogP contribution >= 0.6 is 11.6 Å². The summed E-state index contributed by atoms with van der Waals surface area (Å²) in [6, 6.07) is 6.09. The van der Waals surface area contributed by atoms with Crippen LogP contribution in [0.1, 0.15) is 25.3 Å². The molecule has 0 unspecified atom stereocenters. The number of hydrogen-bond acceptors (Lipinski definition) is 2. The molecule has 1 aliphatic rings. The fourth-order valence-corrected chi connectivity index (χ4v) is 2.37. The topological polar surface area (TPSA) is 12.5 Å². The Labute approximate surface area is 102 Å². The zero-order valence-electron chi connectivity index (χ0n) is 9.71. The van der Waals surface area contributed by atoms with Crippen molar-refractivity contribution in [2.45, 2.75) is 26.3 Å². The smallest absolute Gasteiger partial charge is 0.137 e. The summed E-state index contributed by atoms with van der Waals surface area (Å²) in [5.41, 5.74) is 1.27. The molecule has 88 valence electrons.